The molecule has 0 amide bonds. The molecule has 0 spiro atoms. The minimum atomic E-state index is -0.200. The zero-order valence-corrected chi connectivity index (χ0v) is 13.5. The highest BCUT2D eigenvalue weighted by Crippen LogP contribution is 2.18. The third kappa shape index (κ3) is 6.58. The fourth-order valence-electron chi connectivity index (χ4n) is 2.33. The summed E-state index contributed by atoms with van der Waals surface area (Å²) in [6.07, 6.45) is 3.60. The largest absolute Gasteiger partial charge is 0.463 e. The van der Waals surface area contributed by atoms with E-state index in [-0.39, 0.29) is 5.97 Å². The van der Waals surface area contributed by atoms with Gasteiger partial charge in [0.05, 0.1) is 6.61 Å². The van der Waals surface area contributed by atoms with Gasteiger partial charge in [-0.2, -0.15) is 0 Å². The van der Waals surface area contributed by atoms with Crippen molar-refractivity contribution in [3.8, 4) is 0 Å². The number of benzene rings is 1. The number of rotatable bonds is 4. The Morgan fingerprint density at radius 3 is 2.38 bits per heavy atom. The van der Waals surface area contributed by atoms with Gasteiger partial charge in [-0.15, -0.1) is 0 Å². The van der Waals surface area contributed by atoms with E-state index in [0.717, 1.165) is 32.5 Å². The van der Waals surface area contributed by atoms with Crippen molar-refractivity contribution in [2.24, 2.45) is 0 Å². The molecule has 0 saturated carbocycles. The summed E-state index contributed by atoms with van der Waals surface area (Å²) in [5, 5.41) is 0. The molecule has 21 heavy (non-hydrogen) atoms. The molecule has 116 valence electrons. The summed E-state index contributed by atoms with van der Waals surface area (Å²) < 4.78 is 4.94. The zero-order chi connectivity index (χ0) is 15.5. The highest BCUT2D eigenvalue weighted by Gasteiger charge is 2.15. The standard InChI is InChI=1S/C16H21NO2.C2H6/c1-2-19-16(18)12-14-8-10-17(11-9-14)13-15-6-4-3-5-7-15;1-2/h3-7,12H,2,8-11,13H2,1H3;1-2H3. The maximum atomic E-state index is 11.4. The highest BCUT2D eigenvalue weighted by molar-refractivity contribution is 5.82. The lowest BCUT2D eigenvalue weighted by atomic mass is 10.0. The fourth-order valence-corrected chi connectivity index (χ4v) is 2.33. The molecule has 0 unspecified atom stereocenters. The van der Waals surface area contributed by atoms with E-state index in [4.69, 9.17) is 4.74 Å². The number of esters is 1. The minimum absolute atomic E-state index is 0.200. The van der Waals surface area contributed by atoms with E-state index < -0.39 is 0 Å². The van der Waals surface area contributed by atoms with Gasteiger partial charge < -0.3 is 4.74 Å². The number of piperidine rings is 1. The van der Waals surface area contributed by atoms with Crippen LogP contribution in [0.15, 0.2) is 42.0 Å². The average Bonchev–Trinajstić information content (AvgIpc) is 2.52. The van der Waals surface area contributed by atoms with Gasteiger partial charge in [-0.3, -0.25) is 4.90 Å². The predicted octanol–water partition coefficient (Wildman–Crippen LogP) is 3.80. The van der Waals surface area contributed by atoms with Crippen molar-refractivity contribution >= 4 is 5.97 Å². The van der Waals surface area contributed by atoms with Gasteiger partial charge in [-0.05, 0) is 25.3 Å². The van der Waals surface area contributed by atoms with Crippen LogP contribution in [0, 0.1) is 0 Å². The van der Waals surface area contributed by atoms with Gasteiger partial charge in [0, 0.05) is 25.7 Å². The second-order valence-corrected chi connectivity index (χ2v) is 4.82. The number of hydrogen-bond donors (Lipinski definition) is 0. The Kier molecular flexibility index (Phi) is 8.44. The van der Waals surface area contributed by atoms with Gasteiger partial charge in [0.25, 0.3) is 0 Å². The Labute approximate surface area is 128 Å². The van der Waals surface area contributed by atoms with Crippen LogP contribution in [0.4, 0.5) is 0 Å². The van der Waals surface area contributed by atoms with E-state index in [0.29, 0.717) is 6.61 Å². The number of likely N-dealkylation sites (tertiary alicyclic amines) is 1. The molecule has 3 nitrogen and oxygen atoms in total. The molecule has 1 saturated heterocycles. The zero-order valence-electron chi connectivity index (χ0n) is 13.5. The maximum Gasteiger partial charge on any atom is 0.330 e. The van der Waals surface area contributed by atoms with Crippen molar-refractivity contribution in [2.75, 3.05) is 19.7 Å². The van der Waals surface area contributed by atoms with Crippen LogP contribution in [0.5, 0.6) is 0 Å². The lowest BCUT2D eigenvalue weighted by Crippen LogP contribution is -2.30. The van der Waals surface area contributed by atoms with Crippen LogP contribution in [0.2, 0.25) is 0 Å². The van der Waals surface area contributed by atoms with Gasteiger partial charge in [-0.25, -0.2) is 4.79 Å². The molecule has 1 aliphatic rings. The summed E-state index contributed by atoms with van der Waals surface area (Å²) in [5.41, 5.74) is 2.56. The second-order valence-electron chi connectivity index (χ2n) is 4.82. The molecular formula is C18H27NO2. The van der Waals surface area contributed by atoms with Crippen molar-refractivity contribution in [2.45, 2.75) is 40.2 Å². The van der Waals surface area contributed by atoms with E-state index in [2.05, 4.69) is 29.2 Å². The van der Waals surface area contributed by atoms with Crippen LogP contribution >= 0.6 is 0 Å². The van der Waals surface area contributed by atoms with Gasteiger partial charge in [0.1, 0.15) is 0 Å². The van der Waals surface area contributed by atoms with Crippen LogP contribution in [-0.4, -0.2) is 30.6 Å². The Bertz CT molecular complexity index is 430. The molecule has 0 bridgehead atoms. The first-order valence-corrected chi connectivity index (χ1v) is 7.90. The lowest BCUT2D eigenvalue weighted by Gasteiger charge is -2.28. The Morgan fingerprint density at radius 1 is 1.19 bits per heavy atom. The third-order valence-corrected chi connectivity index (χ3v) is 3.36. The molecule has 0 aliphatic carbocycles. The quantitative estimate of drug-likeness (QED) is 0.624. The third-order valence-electron chi connectivity index (χ3n) is 3.36. The highest BCUT2D eigenvalue weighted by atomic mass is 16.5. The van der Waals surface area contributed by atoms with E-state index in [1.54, 1.807) is 6.08 Å². The number of carbonyl (C=O) groups is 1. The molecule has 1 heterocycles. The Balaban J connectivity index is 0.00000106. The van der Waals surface area contributed by atoms with Crippen molar-refractivity contribution in [3.05, 3.63) is 47.5 Å². The van der Waals surface area contributed by atoms with Crippen LogP contribution in [-0.2, 0) is 16.1 Å². The van der Waals surface area contributed by atoms with E-state index in [1.807, 2.05) is 26.8 Å². The molecule has 1 aromatic carbocycles. The SMILES string of the molecule is CC.CCOC(=O)C=C1CCN(Cc2ccccc2)CC1. The number of ether oxygens (including phenoxy) is 1. The summed E-state index contributed by atoms with van der Waals surface area (Å²) in [7, 11) is 0. The van der Waals surface area contributed by atoms with Crippen LogP contribution in [0.1, 0.15) is 39.2 Å². The number of carbonyl (C=O) groups excluding carboxylic acids is 1. The van der Waals surface area contributed by atoms with Crippen LogP contribution in [0.25, 0.3) is 0 Å². The number of nitrogens with zero attached hydrogens (tertiary/aromatic N) is 1. The molecule has 3 heteroatoms. The Morgan fingerprint density at radius 2 is 1.81 bits per heavy atom. The van der Waals surface area contributed by atoms with Crippen molar-refractivity contribution in [3.63, 3.8) is 0 Å². The van der Waals surface area contributed by atoms with E-state index >= 15 is 0 Å². The minimum Gasteiger partial charge on any atom is -0.463 e. The van der Waals surface area contributed by atoms with Gasteiger partial charge in [-0.1, -0.05) is 49.8 Å². The van der Waals surface area contributed by atoms with Crippen molar-refractivity contribution in [1.29, 1.82) is 0 Å². The molecular weight excluding hydrogens is 262 g/mol. The first kappa shape index (κ1) is 17.4. The predicted molar refractivity (Wildman–Crippen MR) is 87.0 cm³/mol. The topological polar surface area (TPSA) is 29.5 Å². The molecule has 0 atom stereocenters. The summed E-state index contributed by atoms with van der Waals surface area (Å²) in [6.45, 7) is 9.30. The molecule has 0 aromatic heterocycles. The van der Waals surface area contributed by atoms with Crippen LogP contribution in [0.3, 0.4) is 0 Å². The smallest absolute Gasteiger partial charge is 0.330 e. The average molecular weight is 289 g/mol. The molecule has 1 fully saturated rings. The second kappa shape index (κ2) is 10.2. The van der Waals surface area contributed by atoms with E-state index in [9.17, 15) is 4.79 Å². The summed E-state index contributed by atoms with van der Waals surface area (Å²) in [5.74, 6) is -0.200. The van der Waals surface area contributed by atoms with Gasteiger partial charge in [0.15, 0.2) is 0 Å². The normalized spacial score (nSPS) is 14.9. The first-order valence-electron chi connectivity index (χ1n) is 7.90. The van der Waals surface area contributed by atoms with Crippen LogP contribution < -0.4 is 0 Å². The molecule has 0 N–H and O–H groups in total. The van der Waals surface area contributed by atoms with Gasteiger partial charge in [0.2, 0.25) is 0 Å². The van der Waals surface area contributed by atoms with Gasteiger partial charge >= 0.3 is 5.97 Å². The first-order chi connectivity index (χ1) is 10.3. The fraction of sp³-hybridized carbons (Fsp3) is 0.500. The summed E-state index contributed by atoms with van der Waals surface area (Å²) in [6, 6.07) is 10.5. The lowest BCUT2D eigenvalue weighted by molar-refractivity contribution is -0.137. The van der Waals surface area contributed by atoms with Crippen molar-refractivity contribution in [1.82, 2.24) is 4.90 Å². The molecule has 0 radical (unpaired) electrons. The number of hydrogen-bond acceptors (Lipinski definition) is 3. The van der Waals surface area contributed by atoms with Crippen molar-refractivity contribution < 1.29 is 9.53 Å². The molecule has 1 aliphatic heterocycles. The summed E-state index contributed by atoms with van der Waals surface area (Å²) in [4.78, 5) is 13.8. The molecule has 1 aromatic rings. The van der Waals surface area contributed by atoms with E-state index in [1.165, 1.54) is 11.1 Å². The Hall–Kier alpha value is -1.61. The molecule has 2 rings (SSSR count). The summed E-state index contributed by atoms with van der Waals surface area (Å²) >= 11 is 0. The monoisotopic (exact) mass is 289 g/mol. The maximum absolute atomic E-state index is 11.4.